The van der Waals surface area contributed by atoms with Crippen LogP contribution >= 0.6 is 0 Å². The van der Waals surface area contributed by atoms with Crippen LogP contribution in [0.15, 0.2) is 48.5 Å². The van der Waals surface area contributed by atoms with Gasteiger partial charge in [-0.2, -0.15) is 0 Å². The smallest absolute Gasteiger partial charge is 0.0641 e. The van der Waals surface area contributed by atoms with E-state index in [1.54, 1.807) is 0 Å². The number of nitrogens with one attached hydrogen (secondary N) is 2. The zero-order valence-corrected chi connectivity index (χ0v) is 16.5. The van der Waals surface area contributed by atoms with Gasteiger partial charge in [0.2, 0.25) is 0 Å². The summed E-state index contributed by atoms with van der Waals surface area (Å²) in [5, 5.41) is 0. The number of hydrogen-bond acceptors (Lipinski definition) is 2. The molecule has 26 heavy (non-hydrogen) atoms. The summed E-state index contributed by atoms with van der Waals surface area (Å²) in [5.74, 6) is 0.183. The van der Waals surface area contributed by atoms with Crippen LogP contribution in [0.2, 0.25) is 0 Å². The Balaban J connectivity index is 1.98. The average molecular weight is 351 g/mol. The van der Waals surface area contributed by atoms with Crippen LogP contribution in [-0.4, -0.2) is 48.0 Å². The second kappa shape index (κ2) is 7.94. The summed E-state index contributed by atoms with van der Waals surface area (Å²) >= 11 is 0. The highest BCUT2D eigenvalue weighted by Gasteiger charge is 2.20. The molecule has 2 aromatic heterocycles. The molecule has 0 fully saturated rings. The van der Waals surface area contributed by atoms with Crippen LogP contribution in [0.5, 0.6) is 0 Å². The Labute approximate surface area is 156 Å². The molecule has 0 saturated carbocycles. The van der Waals surface area contributed by atoms with Crippen molar-refractivity contribution in [2.75, 3.05) is 28.2 Å². The van der Waals surface area contributed by atoms with E-state index in [0.717, 1.165) is 13.1 Å². The molecule has 0 amide bonds. The van der Waals surface area contributed by atoms with Crippen molar-refractivity contribution in [2.45, 2.75) is 25.9 Å². The molecule has 3 aromatic rings. The molecule has 0 aliphatic carbocycles. The van der Waals surface area contributed by atoms with Gasteiger partial charge in [0.25, 0.3) is 0 Å². The van der Waals surface area contributed by atoms with E-state index in [2.05, 4.69) is 103 Å². The highest BCUT2D eigenvalue weighted by molar-refractivity contribution is 5.40. The van der Waals surface area contributed by atoms with Crippen molar-refractivity contribution in [1.82, 2.24) is 19.8 Å². The first-order valence-electron chi connectivity index (χ1n) is 9.14. The Kier molecular flexibility index (Phi) is 5.64. The molecule has 0 bridgehead atoms. The van der Waals surface area contributed by atoms with Crippen molar-refractivity contribution in [3.8, 4) is 0 Å². The zero-order valence-electron chi connectivity index (χ0n) is 16.5. The highest BCUT2D eigenvalue weighted by Crippen LogP contribution is 2.31. The fraction of sp³-hybridized carbons (Fsp3) is 0.364. The van der Waals surface area contributed by atoms with Crippen LogP contribution in [0.4, 0.5) is 0 Å². The van der Waals surface area contributed by atoms with E-state index in [1.165, 1.54) is 33.9 Å². The molecule has 0 saturated heterocycles. The number of nitrogens with zero attached hydrogens (tertiary/aromatic N) is 2. The maximum absolute atomic E-state index is 3.63. The Hall–Kier alpha value is -2.30. The Morgan fingerprint density at radius 3 is 1.58 bits per heavy atom. The first kappa shape index (κ1) is 18.5. The molecule has 0 aliphatic rings. The first-order valence-corrected chi connectivity index (χ1v) is 9.14. The van der Waals surface area contributed by atoms with Gasteiger partial charge in [-0.1, -0.05) is 29.8 Å². The van der Waals surface area contributed by atoms with Gasteiger partial charge in [0.1, 0.15) is 0 Å². The molecular weight excluding hydrogens is 320 g/mol. The van der Waals surface area contributed by atoms with Crippen molar-refractivity contribution >= 4 is 0 Å². The predicted molar refractivity (Wildman–Crippen MR) is 108 cm³/mol. The standard InChI is InChI=1S/C22H30N4/c1-16-6-8-17(9-7-16)22(20-12-10-18(23-20)14-25(2)3)21-13-11-19(24-21)15-26(4)5/h6-13,22-24H,14-15H2,1-5H3. The maximum atomic E-state index is 3.63. The summed E-state index contributed by atoms with van der Waals surface area (Å²) in [4.78, 5) is 11.6. The van der Waals surface area contributed by atoms with Gasteiger partial charge < -0.3 is 19.8 Å². The first-order chi connectivity index (χ1) is 12.4. The minimum absolute atomic E-state index is 0.183. The van der Waals surface area contributed by atoms with Crippen LogP contribution < -0.4 is 0 Å². The molecular formula is C22H30N4. The van der Waals surface area contributed by atoms with E-state index in [-0.39, 0.29) is 5.92 Å². The van der Waals surface area contributed by atoms with E-state index < -0.39 is 0 Å². The predicted octanol–water partition coefficient (Wildman–Crippen LogP) is 3.95. The fourth-order valence-electron chi connectivity index (χ4n) is 3.41. The van der Waals surface area contributed by atoms with Crippen LogP contribution in [0.25, 0.3) is 0 Å². The largest absolute Gasteiger partial charge is 0.360 e. The van der Waals surface area contributed by atoms with E-state index in [0.29, 0.717) is 0 Å². The number of H-pyrrole nitrogens is 2. The summed E-state index contributed by atoms with van der Waals surface area (Å²) in [6.45, 7) is 3.96. The second-order valence-corrected chi connectivity index (χ2v) is 7.70. The van der Waals surface area contributed by atoms with E-state index in [4.69, 9.17) is 0 Å². The topological polar surface area (TPSA) is 38.1 Å². The third-order valence-corrected chi connectivity index (χ3v) is 4.54. The molecule has 1 aromatic carbocycles. The average Bonchev–Trinajstić information content (AvgIpc) is 3.19. The minimum Gasteiger partial charge on any atom is -0.360 e. The van der Waals surface area contributed by atoms with Gasteiger partial charge in [-0.3, -0.25) is 0 Å². The van der Waals surface area contributed by atoms with Gasteiger partial charge in [-0.25, -0.2) is 0 Å². The van der Waals surface area contributed by atoms with Crippen LogP contribution in [-0.2, 0) is 13.1 Å². The van der Waals surface area contributed by atoms with E-state index in [1.807, 2.05) is 0 Å². The number of hydrogen-bond donors (Lipinski definition) is 2. The lowest BCUT2D eigenvalue weighted by atomic mass is 9.92. The van der Waals surface area contributed by atoms with Crippen LogP contribution in [0, 0.1) is 6.92 Å². The van der Waals surface area contributed by atoms with Gasteiger partial charge in [0.05, 0.1) is 5.92 Å². The second-order valence-electron chi connectivity index (χ2n) is 7.70. The number of benzene rings is 1. The van der Waals surface area contributed by atoms with Gasteiger partial charge in [0, 0.05) is 35.9 Å². The SMILES string of the molecule is Cc1ccc(C(c2ccc(CN(C)C)[nH]2)c2ccc(CN(C)C)[nH]2)cc1. The molecule has 2 N–H and O–H groups in total. The maximum Gasteiger partial charge on any atom is 0.0641 e. The molecule has 0 radical (unpaired) electrons. The summed E-state index contributed by atoms with van der Waals surface area (Å²) in [6.07, 6.45) is 0. The van der Waals surface area contributed by atoms with Crippen molar-refractivity contribution in [1.29, 1.82) is 0 Å². The number of aryl methyl sites for hydroxylation is 1. The fourth-order valence-corrected chi connectivity index (χ4v) is 3.41. The molecule has 4 nitrogen and oxygen atoms in total. The van der Waals surface area contributed by atoms with Crippen molar-refractivity contribution < 1.29 is 0 Å². The summed E-state index contributed by atoms with van der Waals surface area (Å²) < 4.78 is 0. The quantitative estimate of drug-likeness (QED) is 0.677. The van der Waals surface area contributed by atoms with Crippen molar-refractivity contribution in [2.24, 2.45) is 0 Å². The summed E-state index contributed by atoms with van der Waals surface area (Å²) in [6, 6.07) is 17.7. The van der Waals surface area contributed by atoms with Crippen LogP contribution in [0.1, 0.15) is 39.8 Å². The van der Waals surface area contributed by atoms with Crippen LogP contribution in [0.3, 0.4) is 0 Å². The van der Waals surface area contributed by atoms with Crippen molar-refractivity contribution in [3.05, 3.63) is 82.4 Å². The number of rotatable bonds is 7. The Morgan fingerprint density at radius 2 is 1.15 bits per heavy atom. The number of aromatic amines is 2. The summed E-state index contributed by atoms with van der Waals surface area (Å²) in [5.41, 5.74) is 7.51. The third kappa shape index (κ3) is 4.45. The monoisotopic (exact) mass is 350 g/mol. The van der Waals surface area contributed by atoms with Gasteiger partial charge in [-0.15, -0.1) is 0 Å². The lowest BCUT2D eigenvalue weighted by molar-refractivity contribution is 0.397. The molecule has 4 heteroatoms. The lowest BCUT2D eigenvalue weighted by Gasteiger charge is -2.17. The lowest BCUT2D eigenvalue weighted by Crippen LogP contribution is -2.12. The highest BCUT2D eigenvalue weighted by atomic mass is 15.1. The molecule has 0 unspecified atom stereocenters. The van der Waals surface area contributed by atoms with Gasteiger partial charge in [-0.05, 0) is 64.9 Å². The molecule has 0 aliphatic heterocycles. The Morgan fingerprint density at radius 1 is 0.692 bits per heavy atom. The Bertz CT molecular complexity index is 776. The molecule has 3 rings (SSSR count). The minimum atomic E-state index is 0.183. The molecule has 138 valence electrons. The third-order valence-electron chi connectivity index (χ3n) is 4.54. The van der Waals surface area contributed by atoms with Crippen molar-refractivity contribution in [3.63, 3.8) is 0 Å². The normalized spacial score (nSPS) is 11.8. The molecule has 0 atom stereocenters. The molecule has 2 heterocycles. The van der Waals surface area contributed by atoms with E-state index >= 15 is 0 Å². The molecule has 0 spiro atoms. The van der Waals surface area contributed by atoms with E-state index in [9.17, 15) is 0 Å². The zero-order chi connectivity index (χ0) is 18.7. The number of aromatic nitrogens is 2. The summed E-state index contributed by atoms with van der Waals surface area (Å²) in [7, 11) is 8.37. The van der Waals surface area contributed by atoms with Gasteiger partial charge in [0.15, 0.2) is 0 Å². The van der Waals surface area contributed by atoms with Gasteiger partial charge >= 0.3 is 0 Å².